The lowest BCUT2D eigenvalue weighted by molar-refractivity contribution is -0.139. The van der Waals surface area contributed by atoms with Crippen molar-refractivity contribution < 1.29 is 35.9 Å². The molecule has 0 aliphatic carbocycles. The summed E-state index contributed by atoms with van der Waals surface area (Å²) in [7, 11) is -3.68. The van der Waals surface area contributed by atoms with E-state index in [0.29, 0.717) is 24.4 Å². The summed E-state index contributed by atoms with van der Waals surface area (Å²) in [4.78, 5) is 29.9. The van der Waals surface area contributed by atoms with E-state index in [9.17, 15) is 31.2 Å². The number of ether oxygens (including phenoxy) is 1. The van der Waals surface area contributed by atoms with E-state index >= 15 is 0 Å². The maximum Gasteiger partial charge on any atom is 0.416 e. The summed E-state index contributed by atoms with van der Waals surface area (Å²) >= 11 is 0. The van der Waals surface area contributed by atoms with E-state index in [1.165, 1.54) is 21.3 Å². The third kappa shape index (κ3) is 6.57. The average Bonchev–Trinajstić information content (AvgIpc) is 2.93. The third-order valence-electron chi connectivity index (χ3n) is 7.18. The van der Waals surface area contributed by atoms with Gasteiger partial charge in [0.2, 0.25) is 10.0 Å². The molecule has 2 aliphatic heterocycles. The fourth-order valence-corrected chi connectivity index (χ4v) is 6.39. The molecule has 13 heteroatoms. The number of amides is 2. The van der Waals surface area contributed by atoms with Crippen LogP contribution in [0.25, 0.3) is 0 Å². The number of carbonyl (C=O) groups excluding carboxylic acids is 2. The number of nitrogens with zero attached hydrogens (tertiary/aromatic N) is 3. The minimum absolute atomic E-state index is 0.0605. The summed E-state index contributed by atoms with van der Waals surface area (Å²) in [5.74, 6) is -0.688. The van der Waals surface area contributed by atoms with Gasteiger partial charge in [-0.05, 0) is 50.6 Å². The second-order valence-electron chi connectivity index (χ2n) is 9.82. The molecule has 4 rings (SSSR count). The monoisotopic (exact) mass is 594 g/mol. The number of piperazine rings is 1. The number of benzene rings is 2. The smallest absolute Gasteiger partial charge is 0.416 e. The van der Waals surface area contributed by atoms with Gasteiger partial charge >= 0.3 is 18.2 Å². The summed E-state index contributed by atoms with van der Waals surface area (Å²) in [6.45, 7) is 6.79. The topological polar surface area (TPSA) is 99.3 Å². The average molecular weight is 595 g/mol. The Labute approximate surface area is 237 Å². The molecule has 2 aromatic rings. The van der Waals surface area contributed by atoms with Gasteiger partial charge in [0, 0.05) is 45.0 Å². The van der Waals surface area contributed by atoms with Gasteiger partial charge in [-0.25, -0.2) is 18.0 Å². The molecule has 0 aromatic heterocycles. The van der Waals surface area contributed by atoms with Crippen LogP contribution in [0.1, 0.15) is 36.6 Å². The predicted molar refractivity (Wildman–Crippen MR) is 145 cm³/mol. The standard InChI is InChI=1S/C28H33F3N4O5S/c1-4-35-23(18-33-14-16-34(17-15-33)41(38,39)22-12-6-19(3)7-13-22)24(26(36)40-5-2)25(32-27(35)37)20-8-10-21(11-9-20)28(29,30)31/h6-13,25H,4-5,14-18H2,1-3H3,(H,32,37)/t25-/m0/s1. The SMILES string of the molecule is CCOC(=O)C1=C(CN2CCN(S(=O)(=O)c3ccc(C)cc3)CC2)N(CC)C(=O)N[C@H]1c1ccc(C(F)(F)F)cc1. The highest BCUT2D eigenvalue weighted by atomic mass is 32.2. The van der Waals surface area contributed by atoms with Gasteiger partial charge < -0.3 is 10.1 Å². The quantitative estimate of drug-likeness (QED) is 0.466. The van der Waals surface area contributed by atoms with E-state index in [1.54, 1.807) is 38.1 Å². The third-order valence-corrected chi connectivity index (χ3v) is 9.10. The maximum absolute atomic E-state index is 13.2. The molecule has 1 N–H and O–H groups in total. The first kappa shape index (κ1) is 30.5. The fourth-order valence-electron chi connectivity index (χ4n) is 4.97. The fraction of sp³-hybridized carbons (Fsp3) is 0.429. The highest BCUT2D eigenvalue weighted by Crippen LogP contribution is 2.35. The van der Waals surface area contributed by atoms with Crippen LogP contribution in [-0.4, -0.2) is 80.4 Å². The molecule has 2 amide bonds. The van der Waals surface area contributed by atoms with Gasteiger partial charge in [-0.1, -0.05) is 29.8 Å². The van der Waals surface area contributed by atoms with E-state index in [-0.39, 0.29) is 43.3 Å². The van der Waals surface area contributed by atoms with Gasteiger partial charge in [0.15, 0.2) is 0 Å². The number of rotatable bonds is 8. The normalized spacial score (nSPS) is 19.3. The zero-order valence-electron chi connectivity index (χ0n) is 23.1. The van der Waals surface area contributed by atoms with Crippen molar-refractivity contribution in [3.05, 3.63) is 76.5 Å². The first-order chi connectivity index (χ1) is 19.4. The molecule has 1 atom stereocenters. The number of sulfonamides is 1. The van der Waals surface area contributed by atoms with Crippen molar-refractivity contribution in [2.75, 3.05) is 45.9 Å². The summed E-state index contributed by atoms with van der Waals surface area (Å²) in [5.41, 5.74) is 0.902. The van der Waals surface area contributed by atoms with Crippen molar-refractivity contribution in [3.63, 3.8) is 0 Å². The van der Waals surface area contributed by atoms with Gasteiger partial charge in [0.25, 0.3) is 0 Å². The minimum Gasteiger partial charge on any atom is -0.463 e. The number of likely N-dealkylation sites (N-methyl/N-ethyl adjacent to an activating group) is 1. The number of carbonyl (C=O) groups is 2. The Hall–Kier alpha value is -3.42. The molecule has 9 nitrogen and oxygen atoms in total. The second kappa shape index (κ2) is 12.2. The Balaban J connectivity index is 1.62. The van der Waals surface area contributed by atoms with Crippen LogP contribution in [0.3, 0.4) is 0 Å². The van der Waals surface area contributed by atoms with Crippen LogP contribution in [0, 0.1) is 6.92 Å². The molecule has 222 valence electrons. The number of hydrogen-bond acceptors (Lipinski definition) is 6. The van der Waals surface area contributed by atoms with Gasteiger partial charge in [-0.3, -0.25) is 9.80 Å². The molecule has 0 unspecified atom stereocenters. The van der Waals surface area contributed by atoms with Gasteiger partial charge in [0.1, 0.15) is 0 Å². The molecule has 0 spiro atoms. The highest BCUT2D eigenvalue weighted by Gasteiger charge is 2.39. The summed E-state index contributed by atoms with van der Waals surface area (Å²) < 4.78 is 72.5. The first-order valence-corrected chi connectivity index (χ1v) is 14.7. The van der Waals surface area contributed by atoms with Gasteiger partial charge in [-0.15, -0.1) is 0 Å². The number of urea groups is 1. The lowest BCUT2D eigenvalue weighted by Gasteiger charge is -2.40. The number of aryl methyl sites for hydroxylation is 1. The van der Waals surface area contributed by atoms with Gasteiger partial charge in [-0.2, -0.15) is 17.5 Å². The van der Waals surface area contributed by atoms with Crippen LogP contribution in [-0.2, 0) is 25.7 Å². The van der Waals surface area contributed by atoms with Crippen LogP contribution >= 0.6 is 0 Å². The number of halogens is 3. The maximum atomic E-state index is 13.2. The summed E-state index contributed by atoms with van der Waals surface area (Å²) in [6, 6.07) is 9.41. The first-order valence-electron chi connectivity index (χ1n) is 13.3. The van der Waals surface area contributed by atoms with Crippen molar-refractivity contribution in [1.29, 1.82) is 0 Å². The van der Waals surface area contributed by atoms with E-state index in [0.717, 1.165) is 17.7 Å². The van der Waals surface area contributed by atoms with Crippen LogP contribution in [0.5, 0.6) is 0 Å². The summed E-state index contributed by atoms with van der Waals surface area (Å²) in [6.07, 6.45) is -4.53. The zero-order valence-corrected chi connectivity index (χ0v) is 23.9. The number of nitrogens with one attached hydrogen (secondary N) is 1. The Morgan fingerprint density at radius 1 is 1.00 bits per heavy atom. The molecule has 0 bridgehead atoms. The van der Waals surface area contributed by atoms with Gasteiger partial charge in [0.05, 0.1) is 28.7 Å². The molecule has 2 aliphatic rings. The molecular weight excluding hydrogens is 561 g/mol. The Bertz CT molecular complexity index is 1400. The Kier molecular flexibility index (Phi) is 9.10. The summed E-state index contributed by atoms with van der Waals surface area (Å²) in [5, 5.41) is 2.74. The van der Waals surface area contributed by atoms with E-state index < -0.39 is 39.8 Å². The molecule has 2 aromatic carbocycles. The Morgan fingerprint density at radius 2 is 1.61 bits per heavy atom. The lowest BCUT2D eigenvalue weighted by atomic mass is 9.93. The van der Waals surface area contributed by atoms with Crippen molar-refractivity contribution >= 4 is 22.0 Å². The number of esters is 1. The van der Waals surface area contributed by atoms with Crippen LogP contribution in [0.2, 0.25) is 0 Å². The molecule has 2 heterocycles. The van der Waals surface area contributed by atoms with Crippen LogP contribution in [0.15, 0.2) is 64.7 Å². The number of hydrogen-bond donors (Lipinski definition) is 1. The molecule has 41 heavy (non-hydrogen) atoms. The zero-order chi connectivity index (χ0) is 29.9. The predicted octanol–water partition coefficient (Wildman–Crippen LogP) is 3.92. The van der Waals surface area contributed by atoms with Crippen LogP contribution < -0.4 is 5.32 Å². The molecule has 1 saturated heterocycles. The minimum atomic E-state index is -4.53. The van der Waals surface area contributed by atoms with Crippen LogP contribution in [0.4, 0.5) is 18.0 Å². The van der Waals surface area contributed by atoms with Crippen molar-refractivity contribution in [2.24, 2.45) is 0 Å². The highest BCUT2D eigenvalue weighted by molar-refractivity contribution is 7.89. The van der Waals surface area contributed by atoms with Crippen molar-refractivity contribution in [1.82, 2.24) is 19.4 Å². The van der Waals surface area contributed by atoms with Crippen molar-refractivity contribution in [3.8, 4) is 0 Å². The lowest BCUT2D eigenvalue weighted by Crippen LogP contribution is -2.53. The van der Waals surface area contributed by atoms with Crippen molar-refractivity contribution in [2.45, 2.75) is 37.9 Å². The molecule has 0 saturated carbocycles. The van der Waals surface area contributed by atoms with E-state index in [1.807, 2.05) is 11.8 Å². The van der Waals surface area contributed by atoms with E-state index in [2.05, 4.69) is 5.32 Å². The molecule has 0 radical (unpaired) electrons. The largest absolute Gasteiger partial charge is 0.463 e. The molecule has 1 fully saturated rings. The van der Waals surface area contributed by atoms with E-state index in [4.69, 9.17) is 4.74 Å². The Morgan fingerprint density at radius 3 is 2.15 bits per heavy atom. The number of alkyl halides is 3. The second-order valence-corrected chi connectivity index (χ2v) is 11.8. The molecular formula is C28H33F3N4O5S.